The third-order valence-corrected chi connectivity index (χ3v) is 6.03. The third kappa shape index (κ3) is 8.56. The smallest absolute Gasteiger partial charge is 0.446 e. The molecule has 3 N–H and O–H groups in total. The molecule has 20 heteroatoms. The minimum Gasteiger partial charge on any atom is -0.464 e. The van der Waals surface area contributed by atoms with Crippen molar-refractivity contribution < 1.29 is 45.9 Å². The van der Waals surface area contributed by atoms with E-state index in [0.717, 1.165) is 17.6 Å². The quantitative estimate of drug-likeness (QED) is 0.197. The van der Waals surface area contributed by atoms with Crippen LogP contribution in [-0.2, 0) is 29.3 Å². The maximum atomic E-state index is 13.7. The first-order chi connectivity index (χ1) is 18.6. The van der Waals surface area contributed by atoms with Crippen molar-refractivity contribution in [3.63, 3.8) is 0 Å². The Morgan fingerprint density at radius 3 is 2.58 bits per heavy atom. The highest BCUT2D eigenvalue weighted by Gasteiger charge is 2.26. The van der Waals surface area contributed by atoms with E-state index in [1.54, 1.807) is 25.5 Å². The zero-order valence-corrected chi connectivity index (χ0v) is 23.7. The summed E-state index contributed by atoms with van der Waals surface area (Å²) in [6.45, 7) is 4.75. The van der Waals surface area contributed by atoms with E-state index in [0.29, 0.717) is 0 Å². The SMILES string of the molecule is CC(=O)OCC(CONc1nonc1-c1noc(=O)n1-c1ccc(F)c(Br)c1)NS(=O)(=O)NC(=O)OC(C)(C)C. The molecule has 0 fully saturated rings. The summed E-state index contributed by atoms with van der Waals surface area (Å²) >= 11 is 3.03. The van der Waals surface area contributed by atoms with Gasteiger partial charge in [0.15, 0.2) is 0 Å². The van der Waals surface area contributed by atoms with Gasteiger partial charge in [-0.05, 0) is 65.2 Å². The summed E-state index contributed by atoms with van der Waals surface area (Å²) in [5.74, 6) is -2.64. The number of carbonyl (C=O) groups is 2. The number of rotatable bonds is 11. The number of halogens is 2. The van der Waals surface area contributed by atoms with Crippen LogP contribution in [0.25, 0.3) is 17.2 Å². The highest BCUT2D eigenvalue weighted by Crippen LogP contribution is 2.26. The summed E-state index contributed by atoms with van der Waals surface area (Å²) in [7, 11) is -4.49. The number of carbonyl (C=O) groups excluding carboxylic acids is 2. The van der Waals surface area contributed by atoms with E-state index < -0.39 is 58.7 Å². The number of esters is 1. The fourth-order valence-electron chi connectivity index (χ4n) is 2.86. The molecule has 0 aliphatic carbocycles. The Bertz CT molecular complexity index is 1530. The number of benzene rings is 1. The van der Waals surface area contributed by atoms with Crippen LogP contribution < -0.4 is 20.7 Å². The van der Waals surface area contributed by atoms with Crippen molar-refractivity contribution in [3.05, 3.63) is 39.0 Å². The van der Waals surface area contributed by atoms with E-state index in [2.05, 4.69) is 41.6 Å². The molecule has 2 aromatic heterocycles. The summed E-state index contributed by atoms with van der Waals surface area (Å²) < 4.78 is 62.4. The molecule has 0 spiro atoms. The number of amides is 1. The zero-order chi connectivity index (χ0) is 29.7. The predicted molar refractivity (Wildman–Crippen MR) is 134 cm³/mol. The Kier molecular flexibility index (Phi) is 9.60. The van der Waals surface area contributed by atoms with Crippen molar-refractivity contribution in [3.8, 4) is 17.2 Å². The summed E-state index contributed by atoms with van der Waals surface area (Å²) in [4.78, 5) is 40.7. The lowest BCUT2D eigenvalue weighted by atomic mass is 10.2. The van der Waals surface area contributed by atoms with Crippen molar-refractivity contribution in [1.29, 1.82) is 0 Å². The van der Waals surface area contributed by atoms with Crippen LogP contribution in [0.2, 0.25) is 0 Å². The second kappa shape index (κ2) is 12.5. The molecular weight excluding hydrogens is 629 g/mol. The molecule has 17 nitrogen and oxygen atoms in total. The predicted octanol–water partition coefficient (Wildman–Crippen LogP) is 1.41. The van der Waals surface area contributed by atoms with E-state index in [4.69, 9.17) is 23.5 Å². The molecular formula is C20H23BrFN7O10S. The Labute approximate surface area is 233 Å². The van der Waals surface area contributed by atoms with Crippen LogP contribution in [0.5, 0.6) is 0 Å². The average Bonchev–Trinajstić information content (AvgIpc) is 3.43. The number of nitrogens with one attached hydrogen (secondary N) is 3. The molecule has 218 valence electrons. The molecule has 0 saturated heterocycles. The summed E-state index contributed by atoms with van der Waals surface area (Å²) in [5.41, 5.74) is 1.39. The molecule has 3 rings (SSSR count). The van der Waals surface area contributed by atoms with Crippen LogP contribution in [-0.4, -0.2) is 65.4 Å². The topological polar surface area (TPSA) is 219 Å². The van der Waals surface area contributed by atoms with E-state index in [1.165, 1.54) is 12.1 Å². The van der Waals surface area contributed by atoms with Gasteiger partial charge in [-0.1, -0.05) is 5.16 Å². The first-order valence-electron chi connectivity index (χ1n) is 11.1. The second-order valence-electron chi connectivity index (χ2n) is 8.81. The molecule has 0 saturated carbocycles. The summed E-state index contributed by atoms with van der Waals surface area (Å²) in [6, 6.07) is 2.47. The molecule has 3 aromatic rings. The van der Waals surface area contributed by atoms with Crippen LogP contribution in [0, 0.1) is 5.82 Å². The van der Waals surface area contributed by atoms with E-state index >= 15 is 0 Å². The van der Waals surface area contributed by atoms with Gasteiger partial charge < -0.3 is 9.47 Å². The molecule has 0 radical (unpaired) electrons. The fourth-order valence-corrected chi connectivity index (χ4v) is 4.12. The van der Waals surface area contributed by atoms with Crippen molar-refractivity contribution in [1.82, 2.24) is 29.5 Å². The van der Waals surface area contributed by atoms with Crippen molar-refractivity contribution >= 4 is 44.0 Å². The summed E-state index contributed by atoms with van der Waals surface area (Å²) in [5, 5.41) is 10.9. The Hall–Kier alpha value is -3.88. The van der Waals surface area contributed by atoms with E-state index in [1.807, 2.05) is 0 Å². The first kappa shape index (κ1) is 30.7. The second-order valence-corrected chi connectivity index (χ2v) is 11.1. The highest BCUT2D eigenvalue weighted by atomic mass is 79.9. The first-order valence-corrected chi connectivity index (χ1v) is 13.3. The van der Waals surface area contributed by atoms with Gasteiger partial charge in [0.25, 0.3) is 0 Å². The Morgan fingerprint density at radius 1 is 1.20 bits per heavy atom. The Morgan fingerprint density at radius 2 is 1.93 bits per heavy atom. The third-order valence-electron chi connectivity index (χ3n) is 4.35. The molecule has 0 bridgehead atoms. The number of aromatic nitrogens is 4. The maximum Gasteiger partial charge on any atom is 0.446 e. The standard InChI is InChI=1S/C20H23BrFN7O10S/c1-10(30)35-8-11(27-40(33,34)28-18(31)37-20(2,3)4)9-36-24-16-15(23-39-25-16)17-26-38-19(32)29(17)12-5-6-14(22)13(21)7-12/h5-7,11,27H,8-9H2,1-4H3,(H,24,25)(H,28,31). The van der Waals surface area contributed by atoms with Crippen LogP contribution in [0.4, 0.5) is 15.0 Å². The number of hydrogen-bond acceptors (Lipinski definition) is 14. The average molecular weight is 652 g/mol. The van der Waals surface area contributed by atoms with Gasteiger partial charge in [-0.25, -0.2) is 33.4 Å². The number of anilines is 1. The maximum absolute atomic E-state index is 13.7. The molecule has 2 heterocycles. The van der Waals surface area contributed by atoms with Gasteiger partial charge in [-0.3, -0.25) is 14.2 Å². The van der Waals surface area contributed by atoms with Crippen molar-refractivity contribution in [2.45, 2.75) is 39.3 Å². The Balaban J connectivity index is 1.73. The lowest BCUT2D eigenvalue weighted by Crippen LogP contribution is -2.49. The highest BCUT2D eigenvalue weighted by molar-refractivity contribution is 9.10. The molecule has 1 unspecified atom stereocenters. The van der Waals surface area contributed by atoms with Gasteiger partial charge in [-0.2, -0.15) is 13.1 Å². The molecule has 1 amide bonds. The lowest BCUT2D eigenvalue weighted by Gasteiger charge is -2.21. The van der Waals surface area contributed by atoms with Crippen LogP contribution in [0.3, 0.4) is 0 Å². The van der Waals surface area contributed by atoms with Gasteiger partial charge >= 0.3 is 28.0 Å². The van der Waals surface area contributed by atoms with Crippen LogP contribution in [0.1, 0.15) is 27.7 Å². The molecule has 0 aliphatic rings. The van der Waals surface area contributed by atoms with Gasteiger partial charge in [0, 0.05) is 6.92 Å². The van der Waals surface area contributed by atoms with Crippen molar-refractivity contribution in [2.75, 3.05) is 18.7 Å². The summed E-state index contributed by atoms with van der Waals surface area (Å²) in [6.07, 6.45) is -1.24. The monoisotopic (exact) mass is 651 g/mol. The van der Waals surface area contributed by atoms with Crippen LogP contribution in [0.15, 0.2) is 36.6 Å². The van der Waals surface area contributed by atoms with Gasteiger partial charge in [-0.15, -0.1) is 0 Å². The van der Waals surface area contributed by atoms with Gasteiger partial charge in [0.05, 0.1) is 22.8 Å². The minimum absolute atomic E-state index is 0.0615. The largest absolute Gasteiger partial charge is 0.464 e. The normalized spacial score (nSPS) is 12.6. The number of nitrogens with zero attached hydrogens (tertiary/aromatic N) is 4. The number of ether oxygens (including phenoxy) is 2. The molecule has 1 aromatic carbocycles. The van der Waals surface area contributed by atoms with Crippen molar-refractivity contribution in [2.24, 2.45) is 0 Å². The van der Waals surface area contributed by atoms with E-state index in [-0.39, 0.29) is 27.5 Å². The molecule has 0 aliphatic heterocycles. The molecule has 40 heavy (non-hydrogen) atoms. The van der Waals surface area contributed by atoms with Gasteiger partial charge in [0.1, 0.15) is 18.0 Å². The minimum atomic E-state index is -4.49. The van der Waals surface area contributed by atoms with Crippen LogP contribution >= 0.6 is 15.9 Å². The fraction of sp³-hybridized carbons (Fsp3) is 0.400. The van der Waals surface area contributed by atoms with E-state index in [9.17, 15) is 27.2 Å². The zero-order valence-electron chi connectivity index (χ0n) is 21.3. The van der Waals surface area contributed by atoms with Gasteiger partial charge in [0.2, 0.25) is 17.3 Å². The molecule has 1 atom stereocenters. The number of hydrogen-bond donors (Lipinski definition) is 3. The lowest BCUT2D eigenvalue weighted by molar-refractivity contribution is -0.141.